The molecule has 2 N–H and O–H groups in total. The Morgan fingerprint density at radius 3 is 2.65 bits per heavy atom. The smallest absolute Gasteiger partial charge is 0.302 e. The normalized spacial score (nSPS) is 38.7. The minimum Gasteiger partial charge on any atom is -0.462 e. The van der Waals surface area contributed by atoms with E-state index in [4.69, 9.17) is 4.74 Å². The van der Waals surface area contributed by atoms with Crippen LogP contribution in [0.5, 0.6) is 0 Å². The number of hydrogen-bond donors (Lipinski definition) is 2. The van der Waals surface area contributed by atoms with Gasteiger partial charge in [0.1, 0.15) is 6.10 Å². The number of allylic oxidation sites excluding steroid dienone is 2. The van der Waals surface area contributed by atoms with Crippen molar-refractivity contribution in [2.45, 2.75) is 97.7 Å². The molecule has 0 aliphatic heterocycles. The quantitative estimate of drug-likeness (QED) is 0.404. The number of benzene rings is 1. The van der Waals surface area contributed by atoms with Crippen LogP contribution in [0, 0.1) is 22.7 Å². The van der Waals surface area contributed by atoms with E-state index in [1.165, 1.54) is 34.7 Å². The fourth-order valence-electron chi connectivity index (χ4n) is 8.68. The molecule has 2 fully saturated rings. The summed E-state index contributed by atoms with van der Waals surface area (Å²) in [6.07, 6.45) is 7.21. The lowest BCUT2D eigenvalue weighted by molar-refractivity contribution is -0.219. The van der Waals surface area contributed by atoms with E-state index < -0.39 is 6.10 Å². The second-order valence-corrected chi connectivity index (χ2v) is 12.3. The molecule has 7 atom stereocenters. The molecule has 0 saturated heterocycles. The number of esters is 1. The largest absolute Gasteiger partial charge is 0.462 e. The van der Waals surface area contributed by atoms with Gasteiger partial charge in [-0.1, -0.05) is 50.6 Å². The molecule has 4 heteroatoms. The summed E-state index contributed by atoms with van der Waals surface area (Å²) in [5.41, 5.74) is 4.93. The van der Waals surface area contributed by atoms with Crippen LogP contribution in [0.15, 0.2) is 35.9 Å². The standard InChI is InChI=1S/C30H41NO3/c1-18(2)10-9-14-28(4)25(34-19(3)32)13-15-29(5)26(28)24(33)17-20-16-22-21-11-7-8-12-23(21)31-27(22)30(20,29)6/h7-8,10-12,20,24-26,31,33H,9,13-17H2,1-6H3/t20-,24-,25+,26+,28-,29+,30-/m1/s1. The number of para-hydroxylation sites is 1. The lowest BCUT2D eigenvalue weighted by atomic mass is 9.39. The highest BCUT2D eigenvalue weighted by Crippen LogP contribution is 2.70. The van der Waals surface area contributed by atoms with E-state index >= 15 is 0 Å². The number of nitrogens with one attached hydrogen (secondary N) is 1. The average molecular weight is 464 g/mol. The van der Waals surface area contributed by atoms with Crippen molar-refractivity contribution in [3.8, 4) is 0 Å². The van der Waals surface area contributed by atoms with Gasteiger partial charge in [-0.25, -0.2) is 0 Å². The number of carbonyl (C=O) groups is 1. The molecule has 4 nitrogen and oxygen atoms in total. The number of fused-ring (bicyclic) bond motifs is 7. The van der Waals surface area contributed by atoms with Crippen LogP contribution in [-0.4, -0.2) is 28.3 Å². The Hall–Kier alpha value is -2.07. The van der Waals surface area contributed by atoms with E-state index in [0.29, 0.717) is 5.92 Å². The van der Waals surface area contributed by atoms with Crippen LogP contribution in [0.1, 0.15) is 84.9 Å². The number of ether oxygens (including phenoxy) is 1. The third kappa shape index (κ3) is 3.17. The molecule has 2 aromatic rings. The Labute approximate surface area is 204 Å². The van der Waals surface area contributed by atoms with Gasteiger partial charge in [0.15, 0.2) is 0 Å². The maximum absolute atomic E-state index is 12.1. The molecule has 2 saturated carbocycles. The molecule has 184 valence electrons. The number of aliphatic hydroxyl groups excluding tert-OH is 1. The lowest BCUT2D eigenvalue weighted by Crippen LogP contribution is -2.66. The van der Waals surface area contributed by atoms with Crippen molar-refractivity contribution < 1.29 is 14.6 Å². The van der Waals surface area contributed by atoms with Gasteiger partial charge >= 0.3 is 5.97 Å². The van der Waals surface area contributed by atoms with Crippen molar-refractivity contribution in [1.82, 2.24) is 4.98 Å². The van der Waals surface area contributed by atoms with Crippen LogP contribution >= 0.6 is 0 Å². The first kappa shape index (κ1) is 23.7. The molecule has 1 aromatic heterocycles. The van der Waals surface area contributed by atoms with E-state index in [0.717, 1.165) is 38.5 Å². The maximum atomic E-state index is 12.1. The van der Waals surface area contributed by atoms with E-state index in [1.54, 1.807) is 0 Å². The van der Waals surface area contributed by atoms with Crippen LogP contribution in [0.25, 0.3) is 10.9 Å². The average Bonchev–Trinajstić information content (AvgIpc) is 3.25. The minimum atomic E-state index is -0.395. The Bertz CT molecular complexity index is 1140. The Balaban J connectivity index is 1.63. The van der Waals surface area contributed by atoms with Crippen molar-refractivity contribution >= 4 is 16.9 Å². The number of rotatable bonds is 4. The Morgan fingerprint density at radius 2 is 1.94 bits per heavy atom. The second kappa shape index (κ2) is 7.98. The van der Waals surface area contributed by atoms with E-state index in [1.807, 2.05) is 0 Å². The first-order valence-corrected chi connectivity index (χ1v) is 13.1. The summed E-state index contributed by atoms with van der Waals surface area (Å²) >= 11 is 0. The summed E-state index contributed by atoms with van der Waals surface area (Å²) in [6, 6.07) is 8.66. The van der Waals surface area contributed by atoms with E-state index in [2.05, 4.69) is 69.9 Å². The molecule has 0 bridgehead atoms. The predicted octanol–water partition coefficient (Wildman–Crippen LogP) is 6.46. The maximum Gasteiger partial charge on any atom is 0.302 e. The molecule has 1 aromatic carbocycles. The van der Waals surface area contributed by atoms with Crippen molar-refractivity contribution in [3.05, 3.63) is 47.2 Å². The summed E-state index contributed by atoms with van der Waals surface area (Å²) in [5.74, 6) is 0.263. The van der Waals surface area contributed by atoms with Gasteiger partial charge in [0, 0.05) is 34.4 Å². The van der Waals surface area contributed by atoms with Crippen molar-refractivity contribution in [2.75, 3.05) is 0 Å². The molecule has 3 aliphatic rings. The topological polar surface area (TPSA) is 62.3 Å². The number of aromatic amines is 1. The van der Waals surface area contributed by atoms with Crippen LogP contribution < -0.4 is 0 Å². The van der Waals surface area contributed by atoms with Gasteiger partial charge < -0.3 is 14.8 Å². The van der Waals surface area contributed by atoms with Crippen LogP contribution in [-0.2, 0) is 21.4 Å². The first-order valence-electron chi connectivity index (χ1n) is 13.1. The number of aliphatic hydroxyl groups is 1. The number of H-pyrrole nitrogens is 1. The highest BCUT2D eigenvalue weighted by atomic mass is 16.5. The monoisotopic (exact) mass is 463 g/mol. The molecule has 5 rings (SSSR count). The molecule has 0 spiro atoms. The Morgan fingerprint density at radius 1 is 1.21 bits per heavy atom. The van der Waals surface area contributed by atoms with Crippen LogP contribution in [0.3, 0.4) is 0 Å². The van der Waals surface area contributed by atoms with Crippen molar-refractivity contribution in [3.63, 3.8) is 0 Å². The third-order valence-corrected chi connectivity index (χ3v) is 10.3. The summed E-state index contributed by atoms with van der Waals surface area (Å²) in [7, 11) is 0. The SMILES string of the molecule is CC(=O)O[C@H]1CC[C@@]2(C)[C@@H]([C@H](O)C[C@H]3Cc4c([nH]c5ccccc45)[C@@]32C)[C@]1(C)CCC=C(C)C. The van der Waals surface area contributed by atoms with Gasteiger partial charge in [0.25, 0.3) is 0 Å². The number of aromatic nitrogens is 1. The summed E-state index contributed by atoms with van der Waals surface area (Å²) in [5, 5.41) is 13.1. The van der Waals surface area contributed by atoms with Gasteiger partial charge in [-0.2, -0.15) is 0 Å². The highest BCUT2D eigenvalue weighted by Gasteiger charge is 2.69. The summed E-state index contributed by atoms with van der Waals surface area (Å²) in [4.78, 5) is 16.0. The summed E-state index contributed by atoms with van der Waals surface area (Å²) < 4.78 is 5.99. The highest BCUT2D eigenvalue weighted by molar-refractivity contribution is 5.86. The van der Waals surface area contributed by atoms with E-state index in [9.17, 15) is 9.90 Å². The molecular formula is C30H41NO3. The van der Waals surface area contributed by atoms with Gasteiger partial charge in [-0.15, -0.1) is 0 Å². The van der Waals surface area contributed by atoms with Crippen LogP contribution in [0.2, 0.25) is 0 Å². The van der Waals surface area contributed by atoms with Gasteiger partial charge in [-0.05, 0) is 81.3 Å². The molecule has 34 heavy (non-hydrogen) atoms. The Kier molecular flexibility index (Phi) is 5.55. The molecule has 0 amide bonds. The van der Waals surface area contributed by atoms with Crippen molar-refractivity contribution in [2.24, 2.45) is 22.7 Å². The zero-order chi connectivity index (χ0) is 24.5. The summed E-state index contributed by atoms with van der Waals surface area (Å²) in [6.45, 7) is 13.0. The molecular weight excluding hydrogens is 422 g/mol. The zero-order valence-electron chi connectivity index (χ0n) is 21.7. The molecule has 0 unspecified atom stereocenters. The third-order valence-electron chi connectivity index (χ3n) is 10.3. The second-order valence-electron chi connectivity index (χ2n) is 12.3. The molecule has 3 aliphatic carbocycles. The van der Waals surface area contributed by atoms with Gasteiger partial charge in [-0.3, -0.25) is 4.79 Å². The zero-order valence-corrected chi connectivity index (χ0v) is 21.7. The van der Waals surface area contributed by atoms with E-state index in [-0.39, 0.29) is 34.2 Å². The van der Waals surface area contributed by atoms with Crippen molar-refractivity contribution in [1.29, 1.82) is 0 Å². The number of carbonyl (C=O) groups excluding carboxylic acids is 1. The fourth-order valence-corrected chi connectivity index (χ4v) is 8.68. The predicted molar refractivity (Wildman–Crippen MR) is 137 cm³/mol. The molecule has 1 heterocycles. The molecule has 0 radical (unpaired) electrons. The fraction of sp³-hybridized carbons (Fsp3) is 0.633. The first-order chi connectivity index (χ1) is 16.0. The van der Waals surface area contributed by atoms with Gasteiger partial charge in [0.05, 0.1) is 6.10 Å². The number of hydrogen-bond acceptors (Lipinski definition) is 3. The lowest BCUT2D eigenvalue weighted by Gasteiger charge is -2.66. The minimum absolute atomic E-state index is 0.0514. The van der Waals surface area contributed by atoms with Gasteiger partial charge in [0.2, 0.25) is 0 Å². The van der Waals surface area contributed by atoms with Crippen LogP contribution in [0.4, 0.5) is 0 Å².